The van der Waals surface area contributed by atoms with Gasteiger partial charge in [0.05, 0.1) is 0 Å². The minimum atomic E-state index is 0.593. The quantitative estimate of drug-likeness (QED) is 0.498. The van der Waals surface area contributed by atoms with E-state index in [1.165, 1.54) is 0 Å². The third kappa shape index (κ3) is 2.18. The van der Waals surface area contributed by atoms with Crippen LogP contribution in [0.1, 0.15) is 6.92 Å². The maximum absolute atomic E-state index is 4.59. The van der Waals surface area contributed by atoms with Gasteiger partial charge in [-0.25, -0.2) is 0 Å². The predicted octanol–water partition coefficient (Wildman–Crippen LogP) is 0.789. The van der Waals surface area contributed by atoms with Gasteiger partial charge in [0.15, 0.2) is 0 Å². The van der Waals surface area contributed by atoms with Crippen molar-refractivity contribution in [3.8, 4) is 0 Å². The van der Waals surface area contributed by atoms with Gasteiger partial charge in [-0.05, 0) is 6.92 Å². The monoisotopic (exact) mass is 89.1 g/mol. The van der Waals surface area contributed by atoms with Crippen molar-refractivity contribution in [1.82, 2.24) is 0 Å². The van der Waals surface area contributed by atoms with Crippen molar-refractivity contribution in [2.75, 3.05) is 14.2 Å². The van der Waals surface area contributed by atoms with E-state index in [1.807, 2.05) is 0 Å². The fourth-order valence-electron chi connectivity index (χ4n) is 0.0833. The van der Waals surface area contributed by atoms with Crippen molar-refractivity contribution in [3.63, 3.8) is 0 Å². The van der Waals surface area contributed by atoms with Crippen LogP contribution in [0.3, 0.4) is 0 Å². The first-order chi connectivity index (χ1) is 2.81. The van der Waals surface area contributed by atoms with E-state index in [1.54, 1.807) is 21.1 Å². The van der Waals surface area contributed by atoms with Crippen LogP contribution in [0.25, 0.3) is 0 Å². The smallest absolute Gasteiger partial charge is 0.219 e. The lowest BCUT2D eigenvalue weighted by Crippen LogP contribution is -1.94. The van der Waals surface area contributed by atoms with Gasteiger partial charge in [-0.2, -0.15) is 0 Å². The van der Waals surface area contributed by atoms with Crippen LogP contribution in [0.5, 0.6) is 0 Å². The molecule has 0 fully saturated rings. The first kappa shape index (κ1) is 5.92. The van der Waals surface area contributed by atoms with Crippen molar-refractivity contribution in [1.29, 1.82) is 0 Å². The lowest BCUT2D eigenvalue weighted by Gasteiger charge is -2.00. The summed E-state index contributed by atoms with van der Waals surface area (Å²) in [5, 5.41) is 0. The Hall–Kier alpha value is -0.0800. The Labute approximate surface area is 38.1 Å². The number of methoxy groups -OCH3 is 2. The summed E-state index contributed by atoms with van der Waals surface area (Å²) in [7, 11) is 3.14. The second kappa shape index (κ2) is 3.12. The normalized spacial score (nSPS) is 10.0. The van der Waals surface area contributed by atoms with Crippen molar-refractivity contribution < 1.29 is 9.47 Å². The van der Waals surface area contributed by atoms with Crippen LogP contribution < -0.4 is 0 Å². The van der Waals surface area contributed by atoms with E-state index < -0.39 is 0 Å². The third-order valence-corrected chi connectivity index (χ3v) is 0.575. The third-order valence-electron chi connectivity index (χ3n) is 0.575. The molecule has 0 rings (SSSR count). The van der Waals surface area contributed by atoms with E-state index in [0.29, 0.717) is 6.29 Å². The SMILES string of the molecule is CO[C](C)OC. The van der Waals surface area contributed by atoms with Gasteiger partial charge in [-0.3, -0.25) is 0 Å². The van der Waals surface area contributed by atoms with Gasteiger partial charge in [0.25, 0.3) is 0 Å². The largest absolute Gasteiger partial charge is 0.349 e. The lowest BCUT2D eigenvalue weighted by molar-refractivity contribution is 0.0138. The lowest BCUT2D eigenvalue weighted by atomic mass is 10.8. The molecule has 2 nitrogen and oxygen atoms in total. The predicted molar refractivity (Wildman–Crippen MR) is 22.9 cm³/mol. The molecular formula is C4H9O2. The molecule has 1 radical (unpaired) electrons. The molecular weight excluding hydrogens is 80.0 g/mol. The summed E-state index contributed by atoms with van der Waals surface area (Å²) >= 11 is 0. The molecule has 0 heterocycles. The van der Waals surface area contributed by atoms with Gasteiger partial charge in [-0.1, -0.05) is 0 Å². The van der Waals surface area contributed by atoms with E-state index in [2.05, 4.69) is 9.47 Å². The standard InChI is InChI=1S/C4H9O2/c1-4(5-2)6-3/h1-3H3. The Morgan fingerprint density at radius 2 is 1.50 bits per heavy atom. The maximum Gasteiger partial charge on any atom is 0.219 e. The van der Waals surface area contributed by atoms with Crippen LogP contribution in [0.2, 0.25) is 0 Å². The average molecular weight is 89.1 g/mol. The molecule has 0 atom stereocenters. The van der Waals surface area contributed by atoms with E-state index in [0.717, 1.165) is 0 Å². The minimum absolute atomic E-state index is 0.593. The molecule has 0 saturated carbocycles. The summed E-state index contributed by atoms with van der Waals surface area (Å²) in [5.41, 5.74) is 0. The Morgan fingerprint density at radius 3 is 1.50 bits per heavy atom. The number of ether oxygens (including phenoxy) is 2. The van der Waals surface area contributed by atoms with Crippen LogP contribution in [-0.2, 0) is 9.47 Å². The molecule has 0 aromatic rings. The summed E-state index contributed by atoms with van der Waals surface area (Å²) in [6.45, 7) is 1.75. The summed E-state index contributed by atoms with van der Waals surface area (Å²) in [6.07, 6.45) is 0.593. The second-order valence-electron chi connectivity index (χ2n) is 0.900. The summed E-state index contributed by atoms with van der Waals surface area (Å²) in [5.74, 6) is 0. The highest BCUT2D eigenvalue weighted by molar-refractivity contribution is 4.47. The van der Waals surface area contributed by atoms with E-state index in [9.17, 15) is 0 Å². The molecule has 0 N–H and O–H groups in total. The van der Waals surface area contributed by atoms with Crippen molar-refractivity contribution in [2.24, 2.45) is 0 Å². The van der Waals surface area contributed by atoms with Crippen LogP contribution >= 0.6 is 0 Å². The van der Waals surface area contributed by atoms with Gasteiger partial charge < -0.3 is 9.47 Å². The average Bonchev–Trinajstić information content (AvgIpc) is 1.65. The zero-order valence-electron chi connectivity index (χ0n) is 4.32. The molecule has 0 unspecified atom stereocenters. The highest BCUT2D eigenvalue weighted by atomic mass is 16.7. The zero-order valence-corrected chi connectivity index (χ0v) is 4.32. The molecule has 37 valence electrons. The van der Waals surface area contributed by atoms with E-state index in [4.69, 9.17) is 0 Å². The summed E-state index contributed by atoms with van der Waals surface area (Å²) < 4.78 is 9.19. The molecule has 0 saturated heterocycles. The van der Waals surface area contributed by atoms with Crippen LogP contribution in [0.4, 0.5) is 0 Å². The van der Waals surface area contributed by atoms with Gasteiger partial charge in [0.2, 0.25) is 6.29 Å². The van der Waals surface area contributed by atoms with Gasteiger partial charge in [-0.15, -0.1) is 0 Å². The minimum Gasteiger partial charge on any atom is -0.349 e. The van der Waals surface area contributed by atoms with Crippen molar-refractivity contribution >= 4 is 0 Å². The molecule has 0 aliphatic carbocycles. The molecule has 0 aliphatic heterocycles. The first-order valence-corrected chi connectivity index (χ1v) is 1.72. The highest BCUT2D eigenvalue weighted by Crippen LogP contribution is 1.94. The van der Waals surface area contributed by atoms with Gasteiger partial charge in [0, 0.05) is 14.2 Å². The maximum atomic E-state index is 4.59. The van der Waals surface area contributed by atoms with Gasteiger partial charge >= 0.3 is 0 Å². The highest BCUT2D eigenvalue weighted by Gasteiger charge is 1.91. The Kier molecular flexibility index (Phi) is 3.08. The van der Waals surface area contributed by atoms with Crippen LogP contribution in [-0.4, -0.2) is 14.2 Å². The number of rotatable bonds is 2. The molecule has 0 bridgehead atoms. The summed E-state index contributed by atoms with van der Waals surface area (Å²) in [6, 6.07) is 0. The molecule has 2 heteroatoms. The topological polar surface area (TPSA) is 18.5 Å². The fraction of sp³-hybridized carbons (Fsp3) is 0.750. The van der Waals surface area contributed by atoms with Crippen molar-refractivity contribution in [2.45, 2.75) is 6.92 Å². The van der Waals surface area contributed by atoms with Gasteiger partial charge in [0.1, 0.15) is 0 Å². The number of hydrogen-bond acceptors (Lipinski definition) is 2. The Balaban J connectivity index is 2.75. The number of hydrogen-bond donors (Lipinski definition) is 0. The zero-order chi connectivity index (χ0) is 4.99. The summed E-state index contributed by atoms with van der Waals surface area (Å²) in [4.78, 5) is 0. The van der Waals surface area contributed by atoms with E-state index in [-0.39, 0.29) is 0 Å². The molecule has 6 heavy (non-hydrogen) atoms. The molecule has 0 aromatic heterocycles. The second-order valence-corrected chi connectivity index (χ2v) is 0.900. The Morgan fingerprint density at radius 1 is 1.17 bits per heavy atom. The first-order valence-electron chi connectivity index (χ1n) is 1.72. The molecule has 0 spiro atoms. The van der Waals surface area contributed by atoms with Crippen LogP contribution in [0.15, 0.2) is 0 Å². The fourth-order valence-corrected chi connectivity index (χ4v) is 0.0833. The van der Waals surface area contributed by atoms with Crippen molar-refractivity contribution in [3.05, 3.63) is 6.29 Å². The van der Waals surface area contributed by atoms with Crippen LogP contribution in [0, 0.1) is 6.29 Å². The Bertz CT molecular complexity index is 24.7. The molecule has 0 aliphatic rings. The molecule has 0 amide bonds. The van der Waals surface area contributed by atoms with E-state index >= 15 is 0 Å². The molecule has 0 aromatic carbocycles.